The van der Waals surface area contributed by atoms with Gasteiger partial charge in [0.2, 0.25) is 0 Å². The molecule has 0 spiro atoms. The van der Waals surface area contributed by atoms with Crippen LogP contribution >= 0.6 is 0 Å². The van der Waals surface area contributed by atoms with Crippen LogP contribution in [0.5, 0.6) is 0 Å². The normalized spacial score (nSPS) is 15.9. The first-order valence-corrected chi connectivity index (χ1v) is 5.90. The second kappa shape index (κ2) is 4.16. The number of benzene rings is 1. The van der Waals surface area contributed by atoms with Gasteiger partial charge in [-0.1, -0.05) is 31.5 Å². The minimum absolute atomic E-state index is 0.899. The predicted octanol–water partition coefficient (Wildman–Crippen LogP) is 4.22. The van der Waals surface area contributed by atoms with Gasteiger partial charge in [0.1, 0.15) is 0 Å². The topological polar surface area (TPSA) is 0 Å². The van der Waals surface area contributed by atoms with Crippen LogP contribution in [-0.2, 0) is 6.42 Å². The van der Waals surface area contributed by atoms with Crippen LogP contribution in [0.25, 0.3) is 0 Å². The van der Waals surface area contributed by atoms with Crippen molar-refractivity contribution < 1.29 is 0 Å². The van der Waals surface area contributed by atoms with Crippen molar-refractivity contribution in [2.24, 2.45) is 0 Å². The molecule has 14 heavy (non-hydrogen) atoms. The number of rotatable bonds is 4. The van der Waals surface area contributed by atoms with Crippen LogP contribution in [0.1, 0.15) is 55.2 Å². The van der Waals surface area contributed by atoms with Crippen molar-refractivity contribution in [2.75, 3.05) is 0 Å². The molecular weight excluding hydrogens is 168 g/mol. The van der Waals surface area contributed by atoms with Gasteiger partial charge in [-0.25, -0.2) is 0 Å². The fourth-order valence-corrected chi connectivity index (χ4v) is 2.00. The Balaban J connectivity index is 2.14. The summed E-state index contributed by atoms with van der Waals surface area (Å²) in [6, 6.07) is 7.07. The highest BCUT2D eigenvalue weighted by Gasteiger charge is 2.23. The summed E-state index contributed by atoms with van der Waals surface area (Å²) in [4.78, 5) is 0. The summed E-state index contributed by atoms with van der Waals surface area (Å²) in [6.45, 7) is 4.50. The summed E-state index contributed by atoms with van der Waals surface area (Å²) in [7, 11) is 0. The van der Waals surface area contributed by atoms with Gasteiger partial charge in [-0.3, -0.25) is 0 Å². The minimum atomic E-state index is 0.899. The van der Waals surface area contributed by atoms with Gasteiger partial charge in [-0.2, -0.15) is 0 Å². The van der Waals surface area contributed by atoms with Crippen LogP contribution in [0.4, 0.5) is 0 Å². The van der Waals surface area contributed by atoms with Crippen LogP contribution in [0, 0.1) is 6.92 Å². The third kappa shape index (κ3) is 2.17. The Morgan fingerprint density at radius 1 is 1.29 bits per heavy atom. The lowest BCUT2D eigenvalue weighted by Crippen LogP contribution is -1.91. The maximum atomic E-state index is 2.45. The standard InChI is InChI=1S/C14H20/c1-3-4-5-13-10-14(12-8-9-12)7-6-11(13)2/h6-7,10,12H,3-5,8-9H2,1-2H3. The Bertz CT molecular complexity index is 308. The highest BCUT2D eigenvalue weighted by Crippen LogP contribution is 2.40. The molecule has 0 amide bonds. The number of hydrogen-bond donors (Lipinski definition) is 0. The minimum Gasteiger partial charge on any atom is -0.0654 e. The average Bonchev–Trinajstić information content (AvgIpc) is 3.00. The van der Waals surface area contributed by atoms with Crippen LogP contribution < -0.4 is 0 Å². The molecule has 2 rings (SSSR count). The third-order valence-corrected chi connectivity index (χ3v) is 3.22. The second-order valence-electron chi connectivity index (χ2n) is 4.56. The maximum absolute atomic E-state index is 2.45. The number of hydrogen-bond acceptors (Lipinski definition) is 0. The lowest BCUT2D eigenvalue weighted by atomic mass is 9.98. The SMILES string of the molecule is CCCCc1cc(C2CC2)ccc1C. The molecule has 0 atom stereocenters. The van der Waals surface area contributed by atoms with Crippen LogP contribution in [0.2, 0.25) is 0 Å². The molecule has 1 aliphatic rings. The number of unbranched alkanes of at least 4 members (excludes halogenated alkanes) is 1. The zero-order valence-electron chi connectivity index (χ0n) is 9.34. The van der Waals surface area contributed by atoms with Gasteiger partial charge in [-0.15, -0.1) is 0 Å². The van der Waals surface area contributed by atoms with E-state index in [4.69, 9.17) is 0 Å². The second-order valence-corrected chi connectivity index (χ2v) is 4.56. The Hall–Kier alpha value is -0.780. The van der Waals surface area contributed by atoms with Crippen molar-refractivity contribution in [3.05, 3.63) is 34.9 Å². The van der Waals surface area contributed by atoms with Crippen LogP contribution in [0.15, 0.2) is 18.2 Å². The molecule has 1 saturated carbocycles. The fraction of sp³-hybridized carbons (Fsp3) is 0.571. The lowest BCUT2D eigenvalue weighted by Gasteiger charge is -2.07. The first-order valence-electron chi connectivity index (χ1n) is 5.90. The van der Waals surface area contributed by atoms with Crippen LogP contribution in [0.3, 0.4) is 0 Å². The molecule has 0 unspecified atom stereocenters. The molecule has 0 heteroatoms. The van der Waals surface area contributed by atoms with Crippen molar-refractivity contribution in [1.82, 2.24) is 0 Å². The molecule has 0 radical (unpaired) electrons. The van der Waals surface area contributed by atoms with Gasteiger partial charge in [0.25, 0.3) is 0 Å². The lowest BCUT2D eigenvalue weighted by molar-refractivity contribution is 0.790. The van der Waals surface area contributed by atoms with Gasteiger partial charge in [0.15, 0.2) is 0 Å². The largest absolute Gasteiger partial charge is 0.0654 e. The van der Waals surface area contributed by atoms with Gasteiger partial charge in [0.05, 0.1) is 0 Å². The Morgan fingerprint density at radius 3 is 2.71 bits per heavy atom. The Labute approximate surface area is 87.3 Å². The summed E-state index contributed by atoms with van der Waals surface area (Å²) < 4.78 is 0. The first-order chi connectivity index (χ1) is 6.81. The van der Waals surface area contributed by atoms with E-state index < -0.39 is 0 Å². The van der Waals surface area contributed by atoms with E-state index in [1.54, 1.807) is 11.1 Å². The molecule has 1 aliphatic carbocycles. The van der Waals surface area contributed by atoms with E-state index in [0.29, 0.717) is 0 Å². The van der Waals surface area contributed by atoms with E-state index in [9.17, 15) is 0 Å². The highest BCUT2D eigenvalue weighted by atomic mass is 14.3. The molecule has 0 saturated heterocycles. The number of aryl methyl sites for hydroxylation is 2. The summed E-state index contributed by atoms with van der Waals surface area (Å²) in [5.74, 6) is 0.899. The monoisotopic (exact) mass is 188 g/mol. The fourth-order valence-electron chi connectivity index (χ4n) is 2.00. The molecule has 1 fully saturated rings. The molecule has 76 valence electrons. The highest BCUT2D eigenvalue weighted by molar-refractivity contribution is 5.34. The van der Waals surface area contributed by atoms with Crippen molar-refractivity contribution >= 4 is 0 Å². The Kier molecular flexibility index (Phi) is 2.90. The van der Waals surface area contributed by atoms with E-state index in [0.717, 1.165) is 5.92 Å². The molecule has 0 heterocycles. The quantitative estimate of drug-likeness (QED) is 0.663. The molecule has 0 aliphatic heterocycles. The van der Waals surface area contributed by atoms with E-state index >= 15 is 0 Å². The first kappa shape index (κ1) is 9.76. The van der Waals surface area contributed by atoms with E-state index in [-0.39, 0.29) is 0 Å². The predicted molar refractivity (Wildman–Crippen MR) is 61.8 cm³/mol. The average molecular weight is 188 g/mol. The molecule has 1 aromatic rings. The zero-order valence-corrected chi connectivity index (χ0v) is 9.34. The summed E-state index contributed by atoms with van der Waals surface area (Å²) >= 11 is 0. The maximum Gasteiger partial charge on any atom is -0.0161 e. The van der Waals surface area contributed by atoms with Crippen molar-refractivity contribution in [3.63, 3.8) is 0 Å². The molecule has 0 bridgehead atoms. The zero-order chi connectivity index (χ0) is 9.97. The van der Waals surface area contributed by atoms with Gasteiger partial charge < -0.3 is 0 Å². The van der Waals surface area contributed by atoms with E-state index in [2.05, 4.69) is 32.0 Å². The summed E-state index contributed by atoms with van der Waals surface area (Å²) in [5.41, 5.74) is 4.64. The summed E-state index contributed by atoms with van der Waals surface area (Å²) in [5, 5.41) is 0. The third-order valence-electron chi connectivity index (χ3n) is 3.22. The van der Waals surface area contributed by atoms with E-state index in [1.807, 2.05) is 0 Å². The molecule has 0 nitrogen and oxygen atoms in total. The molecule has 1 aromatic carbocycles. The molecular formula is C14H20. The smallest absolute Gasteiger partial charge is 0.0161 e. The van der Waals surface area contributed by atoms with E-state index in [1.165, 1.54) is 37.7 Å². The van der Waals surface area contributed by atoms with Crippen molar-refractivity contribution in [1.29, 1.82) is 0 Å². The molecule has 0 N–H and O–H groups in total. The summed E-state index contributed by atoms with van der Waals surface area (Å²) in [6.07, 6.45) is 6.72. The van der Waals surface area contributed by atoms with Gasteiger partial charge >= 0.3 is 0 Å². The molecule has 0 aromatic heterocycles. The van der Waals surface area contributed by atoms with Gasteiger partial charge in [0, 0.05) is 0 Å². The Morgan fingerprint density at radius 2 is 2.07 bits per heavy atom. The van der Waals surface area contributed by atoms with Crippen molar-refractivity contribution in [3.8, 4) is 0 Å². The van der Waals surface area contributed by atoms with Crippen molar-refractivity contribution in [2.45, 2.75) is 51.9 Å². The van der Waals surface area contributed by atoms with Crippen LogP contribution in [-0.4, -0.2) is 0 Å². The van der Waals surface area contributed by atoms with Gasteiger partial charge in [-0.05, 0) is 55.2 Å².